The van der Waals surface area contributed by atoms with E-state index in [2.05, 4.69) is 10.3 Å². The molecule has 5 nitrogen and oxygen atoms in total. The van der Waals surface area contributed by atoms with Gasteiger partial charge >= 0.3 is 0 Å². The summed E-state index contributed by atoms with van der Waals surface area (Å²) in [6.07, 6.45) is 0. The van der Waals surface area contributed by atoms with E-state index >= 15 is 0 Å². The fourth-order valence-corrected chi connectivity index (χ4v) is 3.08. The number of benzene rings is 2. The Bertz CT molecular complexity index is 894. The summed E-state index contributed by atoms with van der Waals surface area (Å²) in [5.74, 6) is 0.729. The molecule has 7 heteroatoms. The zero-order valence-corrected chi connectivity index (χ0v) is 15.1. The number of nitrogens with zero attached hydrogens (tertiary/aromatic N) is 1. The van der Waals surface area contributed by atoms with Gasteiger partial charge in [0.25, 0.3) is 5.91 Å². The van der Waals surface area contributed by atoms with Crippen molar-refractivity contribution in [2.24, 2.45) is 0 Å². The molecule has 0 fully saturated rings. The van der Waals surface area contributed by atoms with Gasteiger partial charge < -0.3 is 9.47 Å². The van der Waals surface area contributed by atoms with Crippen LogP contribution in [0.2, 0.25) is 5.02 Å². The van der Waals surface area contributed by atoms with Gasteiger partial charge in [0.15, 0.2) is 5.13 Å². The molecule has 1 N–H and O–H groups in total. The third-order valence-corrected chi connectivity index (χ3v) is 4.53. The van der Waals surface area contributed by atoms with Gasteiger partial charge in [-0.3, -0.25) is 10.1 Å². The summed E-state index contributed by atoms with van der Waals surface area (Å²) in [7, 11) is 3.06. The molecule has 0 saturated carbocycles. The number of rotatable bonds is 5. The number of halogens is 1. The molecule has 128 valence electrons. The third kappa shape index (κ3) is 3.92. The fraction of sp³-hybridized carbons (Fsp3) is 0.111. The monoisotopic (exact) mass is 374 g/mol. The van der Waals surface area contributed by atoms with Gasteiger partial charge in [0, 0.05) is 16.0 Å². The van der Waals surface area contributed by atoms with E-state index in [0.717, 1.165) is 11.3 Å². The smallest absolute Gasteiger partial charge is 0.261 e. The molecule has 0 aliphatic heterocycles. The lowest BCUT2D eigenvalue weighted by molar-refractivity contribution is 0.102. The normalized spacial score (nSPS) is 10.4. The number of carbonyl (C=O) groups excluding carboxylic acids is 1. The molecule has 3 aromatic rings. The maximum Gasteiger partial charge on any atom is 0.261 e. The summed E-state index contributed by atoms with van der Waals surface area (Å²) in [6, 6.07) is 12.4. The maximum atomic E-state index is 12.6. The largest absolute Gasteiger partial charge is 0.497 e. The Morgan fingerprint density at radius 1 is 1.12 bits per heavy atom. The van der Waals surface area contributed by atoms with Gasteiger partial charge in [0.05, 0.1) is 25.5 Å². The van der Waals surface area contributed by atoms with Crippen LogP contribution in [0.1, 0.15) is 10.4 Å². The van der Waals surface area contributed by atoms with Crippen LogP contribution in [0.3, 0.4) is 0 Å². The zero-order valence-electron chi connectivity index (χ0n) is 13.6. The van der Waals surface area contributed by atoms with Gasteiger partial charge in [-0.1, -0.05) is 23.7 Å². The van der Waals surface area contributed by atoms with Crippen LogP contribution >= 0.6 is 22.9 Å². The molecule has 3 rings (SSSR count). The number of ether oxygens (including phenoxy) is 2. The molecule has 0 radical (unpaired) electrons. The molecule has 1 heterocycles. The first-order valence-electron chi connectivity index (χ1n) is 7.35. The van der Waals surface area contributed by atoms with Gasteiger partial charge in [-0.15, -0.1) is 11.3 Å². The van der Waals surface area contributed by atoms with Crippen molar-refractivity contribution >= 4 is 34.0 Å². The number of anilines is 1. The number of hydrogen-bond donors (Lipinski definition) is 1. The molecule has 25 heavy (non-hydrogen) atoms. The van der Waals surface area contributed by atoms with Crippen LogP contribution in [0.5, 0.6) is 11.5 Å². The van der Waals surface area contributed by atoms with Crippen molar-refractivity contribution in [3.05, 3.63) is 58.4 Å². The Balaban J connectivity index is 1.81. The minimum Gasteiger partial charge on any atom is -0.497 e. The van der Waals surface area contributed by atoms with Crippen LogP contribution in [0.15, 0.2) is 47.8 Å². The summed E-state index contributed by atoms with van der Waals surface area (Å²) in [4.78, 5) is 17.0. The highest BCUT2D eigenvalue weighted by molar-refractivity contribution is 7.14. The van der Waals surface area contributed by atoms with Crippen LogP contribution in [0.4, 0.5) is 5.13 Å². The van der Waals surface area contributed by atoms with Crippen molar-refractivity contribution < 1.29 is 14.3 Å². The van der Waals surface area contributed by atoms with Gasteiger partial charge in [0.1, 0.15) is 11.5 Å². The van der Waals surface area contributed by atoms with Gasteiger partial charge in [-0.05, 0) is 30.3 Å². The highest BCUT2D eigenvalue weighted by Gasteiger charge is 2.15. The maximum absolute atomic E-state index is 12.6. The predicted octanol–water partition coefficient (Wildman–Crippen LogP) is 4.73. The topological polar surface area (TPSA) is 60.5 Å². The van der Waals surface area contributed by atoms with Crippen molar-refractivity contribution in [1.82, 2.24) is 4.98 Å². The SMILES string of the molecule is COc1ccc(OC)c(C(=O)Nc2nc(-c3ccc(Cl)cc3)cs2)c1. The zero-order chi connectivity index (χ0) is 17.8. The minimum atomic E-state index is -0.312. The molecule has 2 aromatic carbocycles. The quantitative estimate of drug-likeness (QED) is 0.701. The van der Waals surface area contributed by atoms with Crippen LogP contribution < -0.4 is 14.8 Å². The van der Waals surface area contributed by atoms with E-state index in [1.807, 2.05) is 17.5 Å². The molecule has 0 bridgehead atoms. The average molecular weight is 375 g/mol. The Morgan fingerprint density at radius 2 is 1.88 bits per heavy atom. The summed E-state index contributed by atoms with van der Waals surface area (Å²) >= 11 is 7.24. The third-order valence-electron chi connectivity index (χ3n) is 3.52. The number of nitrogens with one attached hydrogen (secondary N) is 1. The lowest BCUT2D eigenvalue weighted by Crippen LogP contribution is -2.13. The standard InChI is InChI=1S/C18H15ClN2O3S/c1-23-13-7-8-16(24-2)14(9-13)17(22)21-18-20-15(10-25-18)11-3-5-12(19)6-4-11/h3-10H,1-2H3,(H,20,21,22). The molecule has 0 saturated heterocycles. The van der Waals surface area contributed by atoms with Gasteiger partial charge in [-0.25, -0.2) is 4.98 Å². The van der Waals surface area contributed by atoms with Crippen LogP contribution in [-0.2, 0) is 0 Å². The Kier molecular flexibility index (Phi) is 5.21. The first-order chi connectivity index (χ1) is 12.1. The van der Waals surface area contributed by atoms with E-state index in [4.69, 9.17) is 21.1 Å². The van der Waals surface area contributed by atoms with E-state index in [1.54, 1.807) is 37.4 Å². The molecule has 0 aliphatic carbocycles. The second-order valence-electron chi connectivity index (χ2n) is 5.07. The van der Waals surface area contributed by atoms with Crippen LogP contribution in [0.25, 0.3) is 11.3 Å². The number of hydrogen-bond acceptors (Lipinski definition) is 5. The van der Waals surface area contributed by atoms with Crippen molar-refractivity contribution in [2.45, 2.75) is 0 Å². The number of thiazole rings is 1. The molecule has 0 unspecified atom stereocenters. The van der Waals surface area contributed by atoms with Crippen molar-refractivity contribution in [3.8, 4) is 22.8 Å². The first kappa shape index (κ1) is 17.3. The molecule has 1 aromatic heterocycles. The molecule has 0 spiro atoms. The lowest BCUT2D eigenvalue weighted by Gasteiger charge is -2.09. The van der Waals surface area contributed by atoms with E-state index in [9.17, 15) is 4.79 Å². The number of carbonyl (C=O) groups is 1. The number of methoxy groups -OCH3 is 2. The van der Waals surface area contributed by atoms with Crippen LogP contribution in [-0.4, -0.2) is 25.1 Å². The van der Waals surface area contributed by atoms with E-state index in [1.165, 1.54) is 18.4 Å². The first-order valence-corrected chi connectivity index (χ1v) is 8.61. The highest BCUT2D eigenvalue weighted by atomic mass is 35.5. The number of amides is 1. The molecule has 1 amide bonds. The van der Waals surface area contributed by atoms with Crippen molar-refractivity contribution in [2.75, 3.05) is 19.5 Å². The molecule has 0 aliphatic rings. The average Bonchev–Trinajstić information content (AvgIpc) is 3.10. The van der Waals surface area contributed by atoms with Gasteiger partial charge in [0.2, 0.25) is 0 Å². The van der Waals surface area contributed by atoms with Crippen molar-refractivity contribution in [3.63, 3.8) is 0 Å². The molecule has 0 atom stereocenters. The summed E-state index contributed by atoms with van der Waals surface area (Å²) < 4.78 is 10.4. The van der Waals surface area contributed by atoms with Crippen molar-refractivity contribution in [1.29, 1.82) is 0 Å². The van der Waals surface area contributed by atoms with Crippen LogP contribution in [0, 0.1) is 0 Å². The van der Waals surface area contributed by atoms with E-state index in [0.29, 0.717) is 27.2 Å². The molecular weight excluding hydrogens is 360 g/mol. The van der Waals surface area contributed by atoms with E-state index < -0.39 is 0 Å². The Hall–Kier alpha value is -2.57. The number of aromatic nitrogens is 1. The molecular formula is C18H15ClN2O3S. The highest BCUT2D eigenvalue weighted by Crippen LogP contribution is 2.28. The fourth-order valence-electron chi connectivity index (χ4n) is 2.24. The second kappa shape index (κ2) is 7.55. The summed E-state index contributed by atoms with van der Waals surface area (Å²) in [5.41, 5.74) is 2.08. The minimum absolute atomic E-state index is 0.312. The summed E-state index contributed by atoms with van der Waals surface area (Å²) in [6.45, 7) is 0. The van der Waals surface area contributed by atoms with Gasteiger partial charge in [-0.2, -0.15) is 0 Å². The Labute approximate surface area is 154 Å². The lowest BCUT2D eigenvalue weighted by atomic mass is 10.1. The summed E-state index contributed by atoms with van der Waals surface area (Å²) in [5, 5.41) is 5.83. The van der Waals surface area contributed by atoms with E-state index in [-0.39, 0.29) is 5.91 Å². The Morgan fingerprint density at radius 3 is 2.56 bits per heavy atom. The predicted molar refractivity (Wildman–Crippen MR) is 100 cm³/mol. The second-order valence-corrected chi connectivity index (χ2v) is 6.36.